The molecule has 1 unspecified atom stereocenters. The number of fused-ring (bicyclic) bond motifs is 3. The van der Waals surface area contributed by atoms with Crippen LogP contribution in [0.15, 0.2) is 47.6 Å². The lowest BCUT2D eigenvalue weighted by Gasteiger charge is -2.42. The lowest BCUT2D eigenvalue weighted by molar-refractivity contribution is -0.265. The van der Waals surface area contributed by atoms with E-state index in [0.29, 0.717) is 69.8 Å². The number of ether oxygens (including phenoxy) is 3. The fraction of sp³-hybridized carbons (Fsp3) is 0.735. The smallest absolute Gasteiger partial charge is 0.329 e. The third-order valence-electron chi connectivity index (χ3n) is 13.9. The van der Waals surface area contributed by atoms with Gasteiger partial charge < -0.3 is 39.5 Å². The molecule has 0 aromatic carbocycles. The molecule has 4 rings (SSSR count). The van der Waals surface area contributed by atoms with Gasteiger partial charge in [0, 0.05) is 50.7 Å². The first-order chi connectivity index (χ1) is 29.2. The number of ketones is 3. The normalized spacial score (nSPS) is 40.6. The Kier molecular flexibility index (Phi) is 19.5. The summed E-state index contributed by atoms with van der Waals surface area (Å²) in [4.78, 5) is 70.8. The topological polar surface area (TPSA) is 197 Å². The summed E-state index contributed by atoms with van der Waals surface area (Å²) >= 11 is 0. The first kappa shape index (κ1) is 51.3. The van der Waals surface area contributed by atoms with Crippen LogP contribution in [-0.4, -0.2) is 117 Å². The van der Waals surface area contributed by atoms with Gasteiger partial charge in [-0.05, 0) is 107 Å². The second kappa shape index (κ2) is 23.6. The molecule has 0 aromatic heterocycles. The van der Waals surface area contributed by atoms with Gasteiger partial charge in [0.05, 0.1) is 30.5 Å². The largest absolute Gasteiger partial charge is 0.460 e. The number of aliphatic hydroxyl groups excluding tert-OH is 3. The zero-order valence-electron chi connectivity index (χ0n) is 38.4. The van der Waals surface area contributed by atoms with Crippen LogP contribution in [0, 0.1) is 35.5 Å². The first-order valence-corrected chi connectivity index (χ1v) is 23.0. The average Bonchev–Trinajstić information content (AvgIpc) is 3.23. The number of methoxy groups -OCH3 is 1. The maximum absolute atomic E-state index is 14.2. The third-order valence-corrected chi connectivity index (χ3v) is 13.9. The van der Waals surface area contributed by atoms with E-state index < -0.39 is 77.9 Å². The van der Waals surface area contributed by atoms with E-state index in [1.165, 1.54) is 4.90 Å². The highest BCUT2D eigenvalue weighted by Gasteiger charge is 2.53. The maximum Gasteiger partial charge on any atom is 0.329 e. The van der Waals surface area contributed by atoms with Crippen molar-refractivity contribution in [2.45, 2.75) is 180 Å². The van der Waals surface area contributed by atoms with E-state index in [1.807, 2.05) is 58.1 Å². The number of cyclic esters (lactones) is 1. The van der Waals surface area contributed by atoms with Gasteiger partial charge in [0.2, 0.25) is 5.79 Å². The molecule has 3 aliphatic heterocycles. The van der Waals surface area contributed by atoms with Crippen LogP contribution in [0.4, 0.5) is 0 Å². The van der Waals surface area contributed by atoms with Gasteiger partial charge in [-0.3, -0.25) is 19.2 Å². The number of nitrogens with zero attached hydrogens (tertiary/aromatic N) is 1. The molecule has 4 N–H and O–H groups in total. The molecular formula is C49H75NO12. The number of esters is 1. The van der Waals surface area contributed by atoms with E-state index in [4.69, 9.17) is 14.2 Å². The summed E-state index contributed by atoms with van der Waals surface area (Å²) < 4.78 is 18.1. The predicted molar refractivity (Wildman–Crippen MR) is 234 cm³/mol. The van der Waals surface area contributed by atoms with E-state index in [0.717, 1.165) is 5.57 Å². The lowest BCUT2D eigenvalue weighted by Crippen LogP contribution is -2.61. The summed E-state index contributed by atoms with van der Waals surface area (Å²) in [6.45, 7) is 12.8. The van der Waals surface area contributed by atoms with Crippen LogP contribution in [0.25, 0.3) is 0 Å². The Balaban J connectivity index is 1.66. The summed E-state index contributed by atoms with van der Waals surface area (Å²) in [6.07, 6.45) is 11.4. The van der Waals surface area contributed by atoms with Gasteiger partial charge in [-0.1, -0.05) is 71.1 Å². The summed E-state index contributed by atoms with van der Waals surface area (Å²) in [6, 6.07) is -1.14. The second-order valence-corrected chi connectivity index (χ2v) is 19.1. The van der Waals surface area contributed by atoms with Crippen molar-refractivity contribution < 1.29 is 58.6 Å². The van der Waals surface area contributed by atoms with Gasteiger partial charge in [-0.15, -0.1) is 0 Å². The van der Waals surface area contributed by atoms with Crippen LogP contribution in [0.5, 0.6) is 0 Å². The molecule has 13 nitrogen and oxygen atoms in total. The van der Waals surface area contributed by atoms with Crippen LogP contribution in [-0.2, 0) is 38.2 Å². The van der Waals surface area contributed by atoms with E-state index in [2.05, 4.69) is 0 Å². The molecule has 4 aliphatic rings. The Bertz CT molecular complexity index is 1690. The van der Waals surface area contributed by atoms with Crippen LogP contribution < -0.4 is 0 Å². The van der Waals surface area contributed by atoms with Crippen molar-refractivity contribution in [1.82, 2.24) is 4.90 Å². The van der Waals surface area contributed by atoms with Crippen LogP contribution >= 0.6 is 0 Å². The van der Waals surface area contributed by atoms with Crippen molar-refractivity contribution in [2.75, 3.05) is 13.7 Å². The fourth-order valence-electron chi connectivity index (χ4n) is 9.54. The molecule has 1 amide bonds. The summed E-state index contributed by atoms with van der Waals surface area (Å²) in [5, 5.41) is 43.5. The molecule has 348 valence electrons. The molecule has 2 bridgehead atoms. The molecule has 0 radical (unpaired) electrons. The van der Waals surface area contributed by atoms with Gasteiger partial charge in [0.25, 0.3) is 11.7 Å². The highest BCUT2D eigenvalue weighted by Crippen LogP contribution is 2.37. The molecule has 14 atom stereocenters. The zero-order chi connectivity index (χ0) is 45.9. The van der Waals surface area contributed by atoms with Crippen molar-refractivity contribution >= 4 is 29.2 Å². The number of carbonyl (C=O) groups excluding carboxylic acids is 5. The maximum atomic E-state index is 14.2. The van der Waals surface area contributed by atoms with E-state index in [-0.39, 0.29) is 61.0 Å². The van der Waals surface area contributed by atoms with Crippen molar-refractivity contribution in [3.8, 4) is 0 Å². The van der Waals surface area contributed by atoms with Crippen LogP contribution in [0.2, 0.25) is 0 Å². The number of aliphatic hydroxyl groups is 4. The number of allylic oxidation sites excluding steroid dienone is 6. The molecule has 0 aromatic rings. The van der Waals surface area contributed by atoms with Crippen LogP contribution in [0.3, 0.4) is 0 Å². The molecule has 1 saturated carbocycles. The van der Waals surface area contributed by atoms with E-state index >= 15 is 0 Å². The minimum absolute atomic E-state index is 0.00355. The average molecular weight is 870 g/mol. The van der Waals surface area contributed by atoms with Gasteiger partial charge in [0.15, 0.2) is 0 Å². The first-order valence-electron chi connectivity index (χ1n) is 23.0. The Hall–Kier alpha value is -3.33. The number of rotatable bonds is 4. The van der Waals surface area contributed by atoms with Gasteiger partial charge in [-0.2, -0.15) is 0 Å². The molecule has 1 aliphatic carbocycles. The molecule has 62 heavy (non-hydrogen) atoms. The monoisotopic (exact) mass is 870 g/mol. The minimum Gasteiger partial charge on any atom is -0.460 e. The molecule has 13 heteroatoms. The molecule has 0 spiro atoms. The quantitative estimate of drug-likeness (QED) is 0.149. The van der Waals surface area contributed by atoms with Gasteiger partial charge in [0.1, 0.15) is 23.7 Å². The highest BCUT2D eigenvalue weighted by molar-refractivity contribution is 6.39. The Morgan fingerprint density at radius 2 is 1.56 bits per heavy atom. The number of amides is 1. The van der Waals surface area contributed by atoms with E-state index in [9.17, 15) is 44.4 Å². The van der Waals surface area contributed by atoms with Crippen molar-refractivity contribution in [3.05, 3.63) is 47.6 Å². The molecule has 3 fully saturated rings. The second-order valence-electron chi connectivity index (χ2n) is 19.1. The van der Waals surface area contributed by atoms with Crippen molar-refractivity contribution in [1.29, 1.82) is 0 Å². The van der Waals surface area contributed by atoms with Gasteiger partial charge in [-0.25, -0.2) is 4.79 Å². The summed E-state index contributed by atoms with van der Waals surface area (Å²) in [7, 11) is 1.58. The summed E-state index contributed by atoms with van der Waals surface area (Å²) in [5.74, 6) is -7.69. The van der Waals surface area contributed by atoms with Crippen molar-refractivity contribution in [3.63, 3.8) is 0 Å². The Morgan fingerprint density at radius 3 is 2.26 bits per heavy atom. The Labute approximate surface area is 369 Å². The predicted octanol–water partition coefficient (Wildman–Crippen LogP) is 5.90. The zero-order valence-corrected chi connectivity index (χ0v) is 38.4. The lowest BCUT2D eigenvalue weighted by atomic mass is 9.78. The van der Waals surface area contributed by atoms with Gasteiger partial charge >= 0.3 is 5.97 Å². The fourth-order valence-corrected chi connectivity index (χ4v) is 9.54. The minimum atomic E-state index is -2.43. The molecular weight excluding hydrogens is 795 g/mol. The third kappa shape index (κ3) is 13.8. The number of hydrogen-bond acceptors (Lipinski definition) is 12. The SMILES string of the molecule is CO[C@H]1C[C@@H]2CC[C@@H](C)[C@@](O)(O2)C(=O)C(=O)N2CCCC[C@H]2C(=O)OC([C@H](C)C[C@@H]2CC[C@@H](O)[C@H](O)C2)CC(=O)[C@H](C)/C=C(\C)[C@@H](O)CC(=O)[C@H](C)C[C@H](C)/C=C/C=C/C=C/1C. The molecule has 3 heterocycles. The number of carbonyl (C=O) groups is 5. The number of Topliss-reactive ketones (excluding diaryl/α,β-unsaturated/α-hetero) is 3. The van der Waals surface area contributed by atoms with E-state index in [1.54, 1.807) is 34.0 Å². The number of hydrogen-bond donors (Lipinski definition) is 4. The standard InChI is InChI=1S/C49H75NO12/c1-29-14-10-9-11-15-30(2)44(60-8)26-37-19-17-35(7)49(59,62-37)46(56)47(57)50-21-13-12-16-38(50)48(58)61-45(34(6)24-36-18-20-39(51)43(55)25-36)28-42(54)33(5)23-32(4)41(53)27-40(52)31(3)22-29/h9-11,14-15,23,29,31,33-39,41,43-45,51,53,55,59H,12-13,16-22,24-28H2,1-8H3/b11-9+,14-10+,30-15+,32-23+/t29-,31-,33-,34-,35-,36+,37+,38+,39-,41+,43-,44+,45?,49-/m1/s1. The number of piperidine rings is 1. The Morgan fingerprint density at radius 1 is 0.839 bits per heavy atom. The summed E-state index contributed by atoms with van der Waals surface area (Å²) in [5.41, 5.74) is 1.37. The highest BCUT2D eigenvalue weighted by atomic mass is 16.6. The van der Waals surface area contributed by atoms with Crippen molar-refractivity contribution in [2.24, 2.45) is 35.5 Å². The van der Waals surface area contributed by atoms with Crippen LogP contribution in [0.1, 0.15) is 132 Å². The molecule has 2 saturated heterocycles.